The number of hydrogen-bond donors (Lipinski definition) is 3. The first-order chi connectivity index (χ1) is 17.1. The van der Waals surface area contributed by atoms with E-state index in [1.807, 2.05) is 0 Å². The molecule has 0 aliphatic heterocycles. The minimum Gasteiger partial charge on any atom is -0.475 e. The van der Waals surface area contributed by atoms with Crippen LogP contribution in [0.2, 0.25) is 0 Å². The van der Waals surface area contributed by atoms with Crippen molar-refractivity contribution in [3.8, 4) is 5.88 Å². The summed E-state index contributed by atoms with van der Waals surface area (Å²) in [6.07, 6.45) is -2.27. The van der Waals surface area contributed by atoms with E-state index in [9.17, 15) is 27.8 Å². The van der Waals surface area contributed by atoms with Crippen LogP contribution in [0.15, 0.2) is 24.3 Å². The summed E-state index contributed by atoms with van der Waals surface area (Å²) in [5.41, 5.74) is -1.52. The fourth-order valence-corrected chi connectivity index (χ4v) is 4.54. The number of aryl methyl sites for hydroxylation is 1. The van der Waals surface area contributed by atoms with Gasteiger partial charge in [-0.2, -0.15) is 4.98 Å². The van der Waals surface area contributed by atoms with Gasteiger partial charge in [0.1, 0.15) is 30.7 Å². The number of rotatable bonds is 8. The molecule has 0 radical (unpaired) electrons. The average molecular weight is 509 g/mol. The monoisotopic (exact) mass is 508 g/mol. The smallest absolute Gasteiger partial charge is 0.266 e. The standard InChI is InChI=1S/C25H28F4N4O3/c1-13(16-4-3-5-17(20(16)27)21(28)29)30-22-18-12-19(25(35)8-6-15(34)7-9-25)24(36-11-10-26)33-23(18)32-14(2)31-22/h3-5,12-13,15,21,34-35H,6-11H2,1-2H3,(H,30,31,32,33)/t13-,15?,25?/m1/s1. The number of halogens is 4. The van der Waals surface area contributed by atoms with Crippen molar-refractivity contribution in [2.45, 2.75) is 63.7 Å². The number of hydrogen-bond acceptors (Lipinski definition) is 7. The Morgan fingerprint density at radius 3 is 2.53 bits per heavy atom. The number of benzene rings is 1. The molecule has 194 valence electrons. The largest absolute Gasteiger partial charge is 0.475 e. The van der Waals surface area contributed by atoms with E-state index in [0.717, 1.165) is 6.07 Å². The number of aliphatic hydroxyl groups is 2. The molecule has 3 N–H and O–H groups in total. The Labute approximate surface area is 205 Å². The molecule has 11 heteroatoms. The summed E-state index contributed by atoms with van der Waals surface area (Å²) >= 11 is 0. The molecule has 1 aliphatic carbocycles. The van der Waals surface area contributed by atoms with Crippen molar-refractivity contribution < 1.29 is 32.5 Å². The maximum atomic E-state index is 14.8. The van der Waals surface area contributed by atoms with Crippen LogP contribution >= 0.6 is 0 Å². The molecule has 1 aromatic carbocycles. The van der Waals surface area contributed by atoms with Gasteiger partial charge in [0.15, 0.2) is 5.65 Å². The van der Waals surface area contributed by atoms with Crippen LogP contribution in [0, 0.1) is 12.7 Å². The summed E-state index contributed by atoms with van der Waals surface area (Å²) in [5.74, 6) is -0.377. The highest BCUT2D eigenvalue weighted by molar-refractivity contribution is 5.88. The summed E-state index contributed by atoms with van der Waals surface area (Å²) in [4.78, 5) is 13.2. The number of fused-ring (bicyclic) bond motifs is 1. The fourth-order valence-electron chi connectivity index (χ4n) is 4.54. The lowest BCUT2D eigenvalue weighted by Gasteiger charge is -2.35. The number of anilines is 1. The molecule has 0 amide bonds. The Bertz CT molecular complexity index is 1240. The molecule has 1 fully saturated rings. The highest BCUT2D eigenvalue weighted by Gasteiger charge is 2.38. The van der Waals surface area contributed by atoms with E-state index in [1.54, 1.807) is 19.9 Å². The van der Waals surface area contributed by atoms with Gasteiger partial charge < -0.3 is 20.3 Å². The molecule has 1 aliphatic rings. The molecule has 4 rings (SSSR count). The van der Waals surface area contributed by atoms with Gasteiger partial charge in [0, 0.05) is 11.1 Å². The van der Waals surface area contributed by atoms with Crippen molar-refractivity contribution in [2.75, 3.05) is 18.6 Å². The zero-order valence-corrected chi connectivity index (χ0v) is 19.9. The second-order valence-electron chi connectivity index (χ2n) is 9.05. The SMILES string of the molecule is Cc1nc(N[C@H](C)c2cccc(C(F)F)c2F)c2cc(C3(O)CCC(O)CC3)c(OCCF)nc2n1. The van der Waals surface area contributed by atoms with Crippen LogP contribution in [-0.4, -0.2) is 44.6 Å². The fraction of sp³-hybridized carbons (Fsp3) is 0.480. The zero-order chi connectivity index (χ0) is 26.0. The Kier molecular flexibility index (Phi) is 7.60. The quantitative estimate of drug-likeness (QED) is 0.366. The molecule has 1 atom stereocenters. The number of ether oxygens (including phenoxy) is 1. The summed E-state index contributed by atoms with van der Waals surface area (Å²) in [6, 6.07) is 4.67. The Balaban J connectivity index is 1.79. The highest BCUT2D eigenvalue weighted by atomic mass is 19.3. The minimum absolute atomic E-state index is 0.0341. The first kappa shape index (κ1) is 26.0. The van der Waals surface area contributed by atoms with Crippen LogP contribution in [0.4, 0.5) is 23.4 Å². The maximum Gasteiger partial charge on any atom is 0.266 e. The molecule has 2 heterocycles. The molecular weight excluding hydrogens is 480 g/mol. The van der Waals surface area contributed by atoms with Gasteiger partial charge in [0.05, 0.1) is 28.7 Å². The van der Waals surface area contributed by atoms with Crippen molar-refractivity contribution in [1.82, 2.24) is 15.0 Å². The van der Waals surface area contributed by atoms with Crippen molar-refractivity contribution in [2.24, 2.45) is 0 Å². The Hall–Kier alpha value is -3.05. The van der Waals surface area contributed by atoms with Gasteiger partial charge in [-0.1, -0.05) is 18.2 Å². The van der Waals surface area contributed by atoms with E-state index in [4.69, 9.17) is 4.74 Å². The Morgan fingerprint density at radius 2 is 1.86 bits per heavy atom. The normalized spacial score (nSPS) is 21.1. The Morgan fingerprint density at radius 1 is 1.17 bits per heavy atom. The summed E-state index contributed by atoms with van der Waals surface area (Å²) in [5, 5.41) is 24.8. The third-order valence-electron chi connectivity index (χ3n) is 6.48. The first-order valence-electron chi connectivity index (χ1n) is 11.7. The van der Waals surface area contributed by atoms with Crippen molar-refractivity contribution in [3.63, 3.8) is 0 Å². The molecular formula is C25H28F4N4O3. The topological polar surface area (TPSA) is 100 Å². The molecule has 7 nitrogen and oxygen atoms in total. The van der Waals surface area contributed by atoms with Crippen LogP contribution < -0.4 is 10.1 Å². The maximum absolute atomic E-state index is 14.8. The molecule has 2 aromatic heterocycles. The molecule has 36 heavy (non-hydrogen) atoms. The lowest BCUT2D eigenvalue weighted by atomic mass is 9.78. The van der Waals surface area contributed by atoms with E-state index < -0.39 is 42.2 Å². The lowest BCUT2D eigenvalue weighted by molar-refractivity contribution is -0.0380. The van der Waals surface area contributed by atoms with E-state index in [1.165, 1.54) is 12.1 Å². The molecule has 0 spiro atoms. The van der Waals surface area contributed by atoms with E-state index in [2.05, 4.69) is 20.3 Å². The second-order valence-corrected chi connectivity index (χ2v) is 9.05. The van der Waals surface area contributed by atoms with Gasteiger partial charge in [-0.3, -0.25) is 0 Å². The highest BCUT2D eigenvalue weighted by Crippen LogP contribution is 2.42. The van der Waals surface area contributed by atoms with Crippen molar-refractivity contribution in [3.05, 3.63) is 52.6 Å². The summed E-state index contributed by atoms with van der Waals surface area (Å²) in [6.45, 7) is 2.21. The van der Waals surface area contributed by atoms with Crippen LogP contribution in [0.5, 0.6) is 5.88 Å². The molecule has 0 unspecified atom stereocenters. The average Bonchev–Trinajstić information content (AvgIpc) is 2.84. The molecule has 3 aromatic rings. The first-order valence-corrected chi connectivity index (χ1v) is 11.7. The van der Waals surface area contributed by atoms with Gasteiger partial charge in [0.25, 0.3) is 6.43 Å². The number of nitrogens with one attached hydrogen (secondary N) is 1. The number of pyridine rings is 1. The predicted octanol–water partition coefficient (Wildman–Crippen LogP) is 5.05. The molecule has 0 bridgehead atoms. The zero-order valence-electron chi connectivity index (χ0n) is 19.9. The predicted molar refractivity (Wildman–Crippen MR) is 125 cm³/mol. The van der Waals surface area contributed by atoms with Crippen LogP contribution in [0.1, 0.15) is 67.6 Å². The number of alkyl halides is 3. The second kappa shape index (κ2) is 10.5. The van der Waals surface area contributed by atoms with E-state index in [-0.39, 0.29) is 42.4 Å². The minimum atomic E-state index is -2.96. The lowest BCUT2D eigenvalue weighted by Crippen LogP contribution is -2.34. The van der Waals surface area contributed by atoms with Crippen LogP contribution in [0.3, 0.4) is 0 Å². The summed E-state index contributed by atoms with van der Waals surface area (Å²) < 4.78 is 59.6. The van der Waals surface area contributed by atoms with Gasteiger partial charge >= 0.3 is 0 Å². The van der Waals surface area contributed by atoms with Gasteiger partial charge in [-0.15, -0.1) is 0 Å². The third kappa shape index (κ3) is 5.22. The van der Waals surface area contributed by atoms with Crippen LogP contribution in [0.25, 0.3) is 11.0 Å². The number of aromatic nitrogens is 3. The molecule has 1 saturated carbocycles. The third-order valence-corrected chi connectivity index (χ3v) is 6.48. The van der Waals surface area contributed by atoms with Crippen LogP contribution in [-0.2, 0) is 5.60 Å². The van der Waals surface area contributed by atoms with E-state index >= 15 is 0 Å². The van der Waals surface area contributed by atoms with Gasteiger partial charge in [-0.05, 0) is 45.6 Å². The van der Waals surface area contributed by atoms with Gasteiger partial charge in [-0.25, -0.2) is 27.5 Å². The van der Waals surface area contributed by atoms with Gasteiger partial charge in [0.2, 0.25) is 5.88 Å². The van der Waals surface area contributed by atoms with Crippen molar-refractivity contribution in [1.29, 1.82) is 0 Å². The molecule has 0 saturated heterocycles. The summed E-state index contributed by atoms with van der Waals surface area (Å²) in [7, 11) is 0. The van der Waals surface area contributed by atoms with E-state index in [0.29, 0.717) is 29.6 Å². The number of aliphatic hydroxyl groups excluding tert-OH is 1. The van der Waals surface area contributed by atoms with Crippen molar-refractivity contribution >= 4 is 16.9 Å². The number of nitrogens with zero attached hydrogens (tertiary/aromatic N) is 3.